The predicted molar refractivity (Wildman–Crippen MR) is 117 cm³/mol. The van der Waals surface area contributed by atoms with E-state index >= 15 is 0 Å². The van der Waals surface area contributed by atoms with Crippen molar-refractivity contribution in [3.63, 3.8) is 0 Å². The molecular weight excluding hydrogens is 378 g/mol. The fourth-order valence-corrected chi connectivity index (χ4v) is 3.93. The highest BCUT2D eigenvalue weighted by atomic mass is 16.5. The second-order valence-electron chi connectivity index (χ2n) is 7.44. The van der Waals surface area contributed by atoms with E-state index in [0.29, 0.717) is 5.82 Å². The molecule has 0 spiro atoms. The summed E-state index contributed by atoms with van der Waals surface area (Å²) >= 11 is 0. The van der Waals surface area contributed by atoms with Gasteiger partial charge in [0.15, 0.2) is 5.65 Å². The minimum absolute atomic E-state index is 0.470. The first-order valence-electron chi connectivity index (χ1n) is 9.98. The van der Waals surface area contributed by atoms with Crippen molar-refractivity contribution in [1.82, 2.24) is 24.5 Å². The quantitative estimate of drug-likeness (QED) is 0.564. The number of aryl methyl sites for hydroxylation is 2. The van der Waals surface area contributed by atoms with Gasteiger partial charge in [-0.05, 0) is 49.7 Å². The summed E-state index contributed by atoms with van der Waals surface area (Å²) in [5.41, 5.74) is 11.3. The van der Waals surface area contributed by atoms with Gasteiger partial charge in [0.1, 0.15) is 23.0 Å². The molecule has 0 saturated carbocycles. The average Bonchev–Trinajstić information content (AvgIpc) is 3.09. The number of fused-ring (bicyclic) bond motifs is 1. The highest BCUT2D eigenvalue weighted by Gasteiger charge is 2.17. The van der Waals surface area contributed by atoms with Gasteiger partial charge in [-0.25, -0.2) is 19.9 Å². The molecule has 0 radical (unpaired) electrons. The fraction of sp³-hybridized carbons (Fsp3) is 0.273. The number of morpholine rings is 1. The summed E-state index contributed by atoms with van der Waals surface area (Å²) in [6, 6.07) is 9.81. The van der Waals surface area contributed by atoms with Crippen LogP contribution in [0.4, 0.5) is 11.6 Å². The van der Waals surface area contributed by atoms with Gasteiger partial charge in [-0.15, -0.1) is 0 Å². The minimum Gasteiger partial charge on any atom is -0.384 e. The fourth-order valence-electron chi connectivity index (χ4n) is 3.93. The Bertz CT molecular complexity index is 1230. The van der Waals surface area contributed by atoms with E-state index in [9.17, 15) is 0 Å². The molecule has 0 aromatic carbocycles. The highest BCUT2D eigenvalue weighted by Crippen LogP contribution is 2.27. The van der Waals surface area contributed by atoms with Crippen LogP contribution in [0.15, 0.2) is 42.7 Å². The van der Waals surface area contributed by atoms with Gasteiger partial charge in [0.2, 0.25) is 0 Å². The van der Waals surface area contributed by atoms with Crippen molar-refractivity contribution in [1.29, 1.82) is 0 Å². The van der Waals surface area contributed by atoms with E-state index in [1.165, 1.54) is 0 Å². The van der Waals surface area contributed by atoms with Gasteiger partial charge in [0.05, 0.1) is 30.8 Å². The third-order valence-electron chi connectivity index (χ3n) is 5.35. The van der Waals surface area contributed by atoms with E-state index in [0.717, 1.165) is 71.6 Å². The lowest BCUT2D eigenvalue weighted by atomic mass is 10.1. The maximum atomic E-state index is 5.85. The summed E-state index contributed by atoms with van der Waals surface area (Å²) in [7, 11) is 0. The Morgan fingerprint density at radius 3 is 2.60 bits per heavy atom. The van der Waals surface area contributed by atoms with Gasteiger partial charge >= 0.3 is 0 Å². The summed E-state index contributed by atoms with van der Waals surface area (Å²) in [5, 5.41) is 0. The van der Waals surface area contributed by atoms with Crippen molar-refractivity contribution < 1.29 is 4.74 Å². The molecule has 0 amide bonds. The van der Waals surface area contributed by atoms with Crippen LogP contribution in [-0.2, 0) is 4.74 Å². The van der Waals surface area contributed by atoms with Gasteiger partial charge in [-0.3, -0.25) is 4.57 Å². The van der Waals surface area contributed by atoms with Crippen molar-refractivity contribution in [2.75, 3.05) is 36.9 Å². The molecule has 1 fully saturated rings. The molecule has 152 valence electrons. The number of imidazole rings is 1. The molecular formula is C22H23N7O. The molecule has 8 nitrogen and oxygen atoms in total. The zero-order valence-corrected chi connectivity index (χ0v) is 17.0. The van der Waals surface area contributed by atoms with E-state index < -0.39 is 0 Å². The van der Waals surface area contributed by atoms with Gasteiger partial charge in [-0.1, -0.05) is 0 Å². The van der Waals surface area contributed by atoms with Crippen LogP contribution in [0.5, 0.6) is 0 Å². The number of anilines is 2. The topological polar surface area (TPSA) is 95.0 Å². The van der Waals surface area contributed by atoms with Crippen LogP contribution in [-0.4, -0.2) is 50.8 Å². The van der Waals surface area contributed by atoms with Gasteiger partial charge in [-0.2, -0.15) is 0 Å². The Hall–Kier alpha value is -3.52. The van der Waals surface area contributed by atoms with E-state index in [1.54, 1.807) is 6.20 Å². The van der Waals surface area contributed by atoms with Crippen LogP contribution in [0.2, 0.25) is 0 Å². The summed E-state index contributed by atoms with van der Waals surface area (Å²) < 4.78 is 7.51. The Balaban J connectivity index is 1.59. The first kappa shape index (κ1) is 18.5. The van der Waals surface area contributed by atoms with Crippen molar-refractivity contribution in [3.05, 3.63) is 54.1 Å². The number of rotatable bonds is 3. The molecule has 30 heavy (non-hydrogen) atoms. The Morgan fingerprint density at radius 1 is 1.00 bits per heavy atom. The van der Waals surface area contributed by atoms with E-state index in [1.807, 2.05) is 42.0 Å². The molecule has 4 aromatic heterocycles. The summed E-state index contributed by atoms with van der Waals surface area (Å²) in [5.74, 6) is 2.34. The average molecular weight is 401 g/mol. The Labute approximate surface area is 174 Å². The maximum absolute atomic E-state index is 5.85. The molecule has 8 heteroatoms. The lowest BCUT2D eigenvalue weighted by Gasteiger charge is -2.29. The number of nitrogens with zero attached hydrogens (tertiary/aromatic N) is 6. The molecule has 4 aromatic rings. The molecule has 2 N–H and O–H groups in total. The van der Waals surface area contributed by atoms with E-state index in [2.05, 4.69) is 22.9 Å². The molecule has 1 aliphatic rings. The largest absolute Gasteiger partial charge is 0.384 e. The number of nitrogen functional groups attached to an aromatic ring is 1. The number of ether oxygens (including phenoxy) is 1. The molecule has 5 rings (SSSR count). The zero-order valence-electron chi connectivity index (χ0n) is 17.0. The molecule has 0 atom stereocenters. The summed E-state index contributed by atoms with van der Waals surface area (Å²) in [6.07, 6.45) is 3.58. The number of hydrogen-bond donors (Lipinski definition) is 1. The second kappa shape index (κ2) is 7.38. The van der Waals surface area contributed by atoms with Crippen LogP contribution in [0.1, 0.15) is 11.4 Å². The molecule has 0 unspecified atom stereocenters. The maximum Gasteiger partial charge on any atom is 0.165 e. The smallest absolute Gasteiger partial charge is 0.165 e. The third kappa shape index (κ3) is 3.25. The minimum atomic E-state index is 0.470. The van der Waals surface area contributed by atoms with Crippen molar-refractivity contribution in [2.24, 2.45) is 0 Å². The highest BCUT2D eigenvalue weighted by molar-refractivity contribution is 5.78. The summed E-state index contributed by atoms with van der Waals surface area (Å²) in [4.78, 5) is 20.7. The molecule has 1 aliphatic heterocycles. The number of pyridine rings is 3. The van der Waals surface area contributed by atoms with E-state index in [-0.39, 0.29) is 0 Å². The first-order chi connectivity index (χ1) is 14.6. The van der Waals surface area contributed by atoms with Crippen molar-refractivity contribution in [2.45, 2.75) is 13.8 Å². The Kier molecular flexibility index (Phi) is 4.55. The van der Waals surface area contributed by atoms with Crippen molar-refractivity contribution >= 4 is 22.8 Å². The van der Waals surface area contributed by atoms with Gasteiger partial charge < -0.3 is 15.4 Å². The molecule has 0 aliphatic carbocycles. The third-order valence-corrected chi connectivity index (χ3v) is 5.35. The molecule has 0 bridgehead atoms. The lowest BCUT2D eigenvalue weighted by Crippen LogP contribution is -2.37. The van der Waals surface area contributed by atoms with Crippen molar-refractivity contribution in [3.8, 4) is 16.9 Å². The van der Waals surface area contributed by atoms with Gasteiger partial charge in [0.25, 0.3) is 0 Å². The normalized spacial score (nSPS) is 14.4. The van der Waals surface area contributed by atoms with Crippen LogP contribution in [0.25, 0.3) is 28.1 Å². The van der Waals surface area contributed by atoms with Crippen LogP contribution < -0.4 is 10.6 Å². The number of nitrogens with two attached hydrogens (primary N) is 1. The Morgan fingerprint density at radius 2 is 1.83 bits per heavy atom. The zero-order chi connectivity index (χ0) is 20.7. The number of aromatic nitrogens is 5. The van der Waals surface area contributed by atoms with Crippen LogP contribution >= 0.6 is 0 Å². The second-order valence-corrected chi connectivity index (χ2v) is 7.44. The lowest BCUT2D eigenvalue weighted by molar-refractivity contribution is 0.122. The SMILES string of the molecule is Cc1cc(-n2c(C)nc3ccc(-c4ccnc(N)c4)nc32)cnc1N1CCOCC1. The van der Waals surface area contributed by atoms with Crippen LogP contribution in [0.3, 0.4) is 0 Å². The van der Waals surface area contributed by atoms with Crippen LogP contribution in [0, 0.1) is 13.8 Å². The molecule has 5 heterocycles. The van der Waals surface area contributed by atoms with E-state index in [4.69, 9.17) is 25.4 Å². The molecule has 1 saturated heterocycles. The summed E-state index contributed by atoms with van der Waals surface area (Å²) in [6.45, 7) is 7.27. The van der Waals surface area contributed by atoms with Gasteiger partial charge in [0, 0.05) is 24.8 Å². The standard InChI is InChI=1S/C22H23N7O/c1-14-11-17(13-25-21(14)28-7-9-30-10-8-28)29-15(2)26-19-4-3-18(27-22(19)29)16-5-6-24-20(23)12-16/h3-6,11-13H,7-10H2,1-2H3,(H2,23,24). The first-order valence-corrected chi connectivity index (χ1v) is 9.98. The monoisotopic (exact) mass is 401 g/mol. The predicted octanol–water partition coefficient (Wildman–Crippen LogP) is 2.91. The number of hydrogen-bond acceptors (Lipinski definition) is 7.